The fraction of sp³-hybridized carbons (Fsp3) is 0.643. The van der Waals surface area contributed by atoms with Crippen LogP contribution in [0.3, 0.4) is 0 Å². The van der Waals surface area contributed by atoms with Gasteiger partial charge in [0.1, 0.15) is 6.10 Å². The summed E-state index contributed by atoms with van der Waals surface area (Å²) in [5.41, 5.74) is 0. The average Bonchev–Trinajstić information content (AvgIpc) is 2.42. The smallest absolute Gasteiger partial charge is 0.213 e. The Bertz CT molecular complexity index is 496. The van der Waals surface area contributed by atoms with E-state index in [1.807, 2.05) is 25.1 Å². The molecule has 0 aromatic carbocycles. The molecule has 20 heavy (non-hydrogen) atoms. The van der Waals surface area contributed by atoms with E-state index in [4.69, 9.17) is 4.74 Å². The topological polar surface area (TPSA) is 68.3 Å². The molecule has 1 aliphatic carbocycles. The van der Waals surface area contributed by atoms with Crippen LogP contribution in [-0.2, 0) is 10.0 Å². The average molecular weight is 298 g/mol. The highest BCUT2D eigenvalue weighted by Crippen LogP contribution is 2.23. The molecule has 0 aliphatic heterocycles. The lowest BCUT2D eigenvalue weighted by atomic mass is 9.94. The second kappa shape index (κ2) is 7.04. The maximum absolute atomic E-state index is 11.7. The van der Waals surface area contributed by atoms with Crippen molar-refractivity contribution in [3.05, 3.63) is 24.4 Å². The molecule has 1 heterocycles. The van der Waals surface area contributed by atoms with Gasteiger partial charge in [0.2, 0.25) is 15.9 Å². The second-order valence-electron chi connectivity index (χ2n) is 5.20. The van der Waals surface area contributed by atoms with E-state index >= 15 is 0 Å². The molecule has 1 aliphatic rings. The first-order chi connectivity index (χ1) is 9.59. The summed E-state index contributed by atoms with van der Waals surface area (Å²) in [6.45, 7) is 1.87. The number of ether oxygens (including phenoxy) is 1. The Morgan fingerprint density at radius 1 is 1.30 bits per heavy atom. The van der Waals surface area contributed by atoms with E-state index < -0.39 is 10.0 Å². The molecule has 1 aromatic heterocycles. The van der Waals surface area contributed by atoms with Crippen molar-refractivity contribution in [3.8, 4) is 5.88 Å². The van der Waals surface area contributed by atoms with Gasteiger partial charge in [0.25, 0.3) is 0 Å². The number of rotatable bonds is 6. The number of hydrogen-bond acceptors (Lipinski definition) is 4. The van der Waals surface area contributed by atoms with Crippen LogP contribution < -0.4 is 9.46 Å². The predicted octanol–water partition coefficient (Wildman–Crippen LogP) is 2.10. The minimum absolute atomic E-state index is 0.0510. The van der Waals surface area contributed by atoms with E-state index in [2.05, 4.69) is 9.71 Å². The lowest BCUT2D eigenvalue weighted by molar-refractivity contribution is 0.138. The Morgan fingerprint density at radius 3 is 2.65 bits per heavy atom. The van der Waals surface area contributed by atoms with E-state index in [9.17, 15) is 8.42 Å². The van der Waals surface area contributed by atoms with Crippen molar-refractivity contribution < 1.29 is 13.2 Å². The normalized spacial score (nSPS) is 23.4. The van der Waals surface area contributed by atoms with Crippen LogP contribution in [0.2, 0.25) is 0 Å². The molecule has 0 unspecified atom stereocenters. The zero-order valence-electron chi connectivity index (χ0n) is 11.8. The van der Waals surface area contributed by atoms with Crippen LogP contribution in [0.5, 0.6) is 5.88 Å². The quantitative estimate of drug-likeness (QED) is 0.873. The summed E-state index contributed by atoms with van der Waals surface area (Å²) < 4.78 is 32.0. The summed E-state index contributed by atoms with van der Waals surface area (Å²) in [6.07, 6.45) is 5.84. The lowest BCUT2D eigenvalue weighted by Crippen LogP contribution is -2.40. The number of sulfonamides is 1. The van der Waals surface area contributed by atoms with E-state index in [0.717, 1.165) is 25.7 Å². The maximum Gasteiger partial charge on any atom is 0.213 e. The molecule has 0 bridgehead atoms. The highest BCUT2D eigenvalue weighted by Gasteiger charge is 2.25. The zero-order chi connectivity index (χ0) is 14.4. The molecule has 1 N–H and O–H groups in total. The summed E-state index contributed by atoms with van der Waals surface area (Å²) in [4.78, 5) is 4.14. The molecule has 1 aromatic rings. The Kier molecular flexibility index (Phi) is 5.37. The molecule has 0 amide bonds. The zero-order valence-corrected chi connectivity index (χ0v) is 12.6. The molecule has 1 fully saturated rings. The second-order valence-corrected chi connectivity index (χ2v) is 7.07. The van der Waals surface area contributed by atoms with Crippen molar-refractivity contribution in [3.63, 3.8) is 0 Å². The van der Waals surface area contributed by atoms with Gasteiger partial charge in [-0.3, -0.25) is 0 Å². The standard InChI is InChI=1S/C14H22N2O3S/c1-2-11-20(17,18)16-12-6-8-13(9-7-12)19-14-5-3-4-10-15-14/h3-5,10,12-13,16H,2,6-9,11H2,1H3. The largest absolute Gasteiger partial charge is 0.474 e. The first-order valence-electron chi connectivity index (χ1n) is 7.17. The summed E-state index contributed by atoms with van der Waals surface area (Å²) in [7, 11) is -3.11. The van der Waals surface area contributed by atoms with Gasteiger partial charge >= 0.3 is 0 Å². The summed E-state index contributed by atoms with van der Waals surface area (Å²) in [5.74, 6) is 0.847. The first-order valence-corrected chi connectivity index (χ1v) is 8.82. The Balaban J connectivity index is 1.78. The van der Waals surface area contributed by atoms with Gasteiger partial charge in [-0.15, -0.1) is 0 Å². The van der Waals surface area contributed by atoms with Crippen molar-refractivity contribution in [2.24, 2.45) is 0 Å². The third-order valence-electron chi connectivity index (χ3n) is 3.42. The van der Waals surface area contributed by atoms with E-state index in [1.54, 1.807) is 6.20 Å². The molecule has 0 saturated heterocycles. The van der Waals surface area contributed by atoms with Gasteiger partial charge in [-0.05, 0) is 38.2 Å². The molecular formula is C14H22N2O3S. The summed E-state index contributed by atoms with van der Waals surface area (Å²) in [5, 5.41) is 0. The Labute approximate surface area is 120 Å². The van der Waals surface area contributed by atoms with Gasteiger partial charge in [-0.2, -0.15) is 0 Å². The predicted molar refractivity (Wildman–Crippen MR) is 78.1 cm³/mol. The van der Waals surface area contributed by atoms with Crippen LogP contribution in [0.25, 0.3) is 0 Å². The number of pyridine rings is 1. The van der Waals surface area contributed by atoms with Gasteiger partial charge in [-0.25, -0.2) is 18.1 Å². The number of hydrogen-bond donors (Lipinski definition) is 1. The first kappa shape index (κ1) is 15.3. The van der Waals surface area contributed by atoms with Gasteiger partial charge in [0.05, 0.1) is 5.75 Å². The van der Waals surface area contributed by atoms with Gasteiger partial charge in [0, 0.05) is 18.3 Å². The van der Waals surface area contributed by atoms with Crippen LogP contribution >= 0.6 is 0 Å². The van der Waals surface area contributed by atoms with Gasteiger partial charge in [-0.1, -0.05) is 13.0 Å². The SMILES string of the molecule is CCCS(=O)(=O)NC1CCC(Oc2ccccn2)CC1. The molecule has 0 radical (unpaired) electrons. The van der Waals surface area contributed by atoms with Crippen LogP contribution in [0.1, 0.15) is 39.0 Å². The fourth-order valence-electron chi connectivity index (χ4n) is 2.47. The Hall–Kier alpha value is -1.14. The van der Waals surface area contributed by atoms with Gasteiger partial charge in [0.15, 0.2) is 0 Å². The molecule has 0 spiro atoms. The minimum atomic E-state index is -3.11. The number of nitrogens with zero attached hydrogens (tertiary/aromatic N) is 1. The third-order valence-corrected chi connectivity index (χ3v) is 5.06. The van der Waals surface area contributed by atoms with Crippen molar-refractivity contribution in [1.29, 1.82) is 0 Å². The molecular weight excluding hydrogens is 276 g/mol. The van der Waals surface area contributed by atoms with Crippen LogP contribution in [0.4, 0.5) is 0 Å². The minimum Gasteiger partial charge on any atom is -0.474 e. The van der Waals surface area contributed by atoms with Crippen LogP contribution in [0, 0.1) is 0 Å². The van der Waals surface area contributed by atoms with Crippen molar-refractivity contribution >= 4 is 10.0 Å². The van der Waals surface area contributed by atoms with E-state index in [1.165, 1.54) is 0 Å². The number of aromatic nitrogens is 1. The number of nitrogens with one attached hydrogen (secondary N) is 1. The molecule has 0 atom stereocenters. The molecule has 2 rings (SSSR count). The van der Waals surface area contributed by atoms with Crippen LogP contribution in [-0.4, -0.2) is 31.3 Å². The molecule has 5 nitrogen and oxygen atoms in total. The highest BCUT2D eigenvalue weighted by molar-refractivity contribution is 7.89. The monoisotopic (exact) mass is 298 g/mol. The van der Waals surface area contributed by atoms with Crippen LogP contribution in [0.15, 0.2) is 24.4 Å². The highest BCUT2D eigenvalue weighted by atomic mass is 32.2. The van der Waals surface area contributed by atoms with Gasteiger partial charge < -0.3 is 4.74 Å². The Morgan fingerprint density at radius 2 is 2.05 bits per heavy atom. The summed E-state index contributed by atoms with van der Waals surface area (Å²) >= 11 is 0. The fourth-order valence-corrected chi connectivity index (χ4v) is 3.87. The third kappa shape index (κ3) is 4.76. The van der Waals surface area contributed by atoms with Crippen molar-refractivity contribution in [1.82, 2.24) is 9.71 Å². The molecule has 6 heteroatoms. The van der Waals surface area contributed by atoms with E-state index in [0.29, 0.717) is 12.3 Å². The molecule has 112 valence electrons. The van der Waals surface area contributed by atoms with Crippen molar-refractivity contribution in [2.75, 3.05) is 5.75 Å². The summed E-state index contributed by atoms with van der Waals surface area (Å²) in [6, 6.07) is 5.64. The van der Waals surface area contributed by atoms with Crippen molar-refractivity contribution in [2.45, 2.75) is 51.2 Å². The lowest BCUT2D eigenvalue weighted by Gasteiger charge is -2.29. The van der Waals surface area contributed by atoms with E-state index in [-0.39, 0.29) is 17.9 Å². The molecule has 1 saturated carbocycles. The maximum atomic E-state index is 11.7.